The molecule has 0 radical (unpaired) electrons. The zero-order valence-corrected chi connectivity index (χ0v) is 11.3. The molecule has 0 spiro atoms. The molecule has 1 saturated carbocycles. The summed E-state index contributed by atoms with van der Waals surface area (Å²) in [6.45, 7) is 1.01. The van der Waals surface area contributed by atoms with Crippen LogP contribution >= 0.6 is 0 Å². The van der Waals surface area contributed by atoms with Gasteiger partial charge in [-0.25, -0.2) is 9.52 Å². The van der Waals surface area contributed by atoms with Crippen LogP contribution in [-0.4, -0.2) is 37.9 Å². The van der Waals surface area contributed by atoms with E-state index in [4.69, 9.17) is 0 Å². The van der Waals surface area contributed by atoms with Gasteiger partial charge >= 0.3 is 16.2 Å². The van der Waals surface area contributed by atoms with Crippen molar-refractivity contribution in [3.63, 3.8) is 0 Å². The minimum Gasteiger partial charge on any atom is -0.335 e. The standard InChI is InChI=1S/C11H21N3O3S/c15-11(12-10-6-2-1-3-7-10)13-18(16,17)14-8-4-5-9-14/h10H,1-9H2,(H2,12,13,15). The van der Waals surface area contributed by atoms with Crippen molar-refractivity contribution in [2.75, 3.05) is 13.1 Å². The average Bonchev–Trinajstić information content (AvgIpc) is 2.83. The molecular weight excluding hydrogens is 254 g/mol. The lowest BCUT2D eigenvalue weighted by atomic mass is 9.96. The Labute approximate surface area is 108 Å². The van der Waals surface area contributed by atoms with Crippen LogP contribution in [0.3, 0.4) is 0 Å². The highest BCUT2D eigenvalue weighted by atomic mass is 32.2. The maximum Gasteiger partial charge on any atom is 0.329 e. The molecule has 18 heavy (non-hydrogen) atoms. The molecular formula is C11H21N3O3S. The fourth-order valence-corrected chi connectivity index (χ4v) is 3.73. The Kier molecular flexibility index (Phi) is 4.45. The van der Waals surface area contributed by atoms with Crippen molar-refractivity contribution in [2.45, 2.75) is 51.0 Å². The molecule has 0 unspecified atom stereocenters. The summed E-state index contributed by atoms with van der Waals surface area (Å²) in [7, 11) is -3.64. The predicted molar refractivity (Wildman–Crippen MR) is 68.3 cm³/mol. The second kappa shape index (κ2) is 5.88. The summed E-state index contributed by atoms with van der Waals surface area (Å²) in [6, 6.07) is -0.471. The van der Waals surface area contributed by atoms with E-state index in [1.54, 1.807) is 0 Å². The molecule has 2 N–H and O–H groups in total. The fraction of sp³-hybridized carbons (Fsp3) is 0.909. The van der Waals surface area contributed by atoms with E-state index in [0.29, 0.717) is 13.1 Å². The van der Waals surface area contributed by atoms with E-state index in [2.05, 4.69) is 10.0 Å². The Bertz CT molecular complexity index is 384. The summed E-state index contributed by atoms with van der Waals surface area (Å²) < 4.78 is 27.1. The number of nitrogens with zero attached hydrogens (tertiary/aromatic N) is 1. The lowest BCUT2D eigenvalue weighted by Gasteiger charge is -2.23. The maximum atomic E-state index is 11.8. The smallest absolute Gasteiger partial charge is 0.329 e. The quantitative estimate of drug-likeness (QED) is 0.805. The zero-order chi connectivity index (χ0) is 13.0. The summed E-state index contributed by atoms with van der Waals surface area (Å²) in [4.78, 5) is 11.7. The van der Waals surface area contributed by atoms with Crippen LogP contribution < -0.4 is 10.0 Å². The van der Waals surface area contributed by atoms with Gasteiger partial charge in [0, 0.05) is 19.1 Å². The summed E-state index contributed by atoms with van der Waals surface area (Å²) in [5.41, 5.74) is 0. The van der Waals surface area contributed by atoms with Crippen molar-refractivity contribution < 1.29 is 13.2 Å². The van der Waals surface area contributed by atoms with Crippen LogP contribution in [0.5, 0.6) is 0 Å². The van der Waals surface area contributed by atoms with Crippen LogP contribution in [0.1, 0.15) is 44.9 Å². The Hall–Kier alpha value is -0.820. The van der Waals surface area contributed by atoms with Gasteiger partial charge < -0.3 is 5.32 Å². The van der Waals surface area contributed by atoms with Crippen LogP contribution in [0.15, 0.2) is 0 Å². The van der Waals surface area contributed by atoms with E-state index >= 15 is 0 Å². The van der Waals surface area contributed by atoms with Crippen LogP contribution in [0.25, 0.3) is 0 Å². The van der Waals surface area contributed by atoms with Crippen molar-refractivity contribution >= 4 is 16.2 Å². The number of carbonyl (C=O) groups excluding carboxylic acids is 1. The zero-order valence-electron chi connectivity index (χ0n) is 10.5. The molecule has 0 aromatic carbocycles. The third-order valence-electron chi connectivity index (χ3n) is 3.57. The van der Waals surface area contributed by atoms with E-state index in [1.807, 2.05) is 0 Å². The topological polar surface area (TPSA) is 78.5 Å². The van der Waals surface area contributed by atoms with Gasteiger partial charge in [0.15, 0.2) is 0 Å². The van der Waals surface area contributed by atoms with Crippen molar-refractivity contribution in [1.29, 1.82) is 0 Å². The van der Waals surface area contributed by atoms with Crippen LogP contribution in [0.4, 0.5) is 4.79 Å². The summed E-state index contributed by atoms with van der Waals surface area (Å²) in [5, 5.41) is 2.74. The first-order valence-corrected chi connectivity index (χ1v) is 8.10. The van der Waals surface area contributed by atoms with E-state index in [9.17, 15) is 13.2 Å². The Morgan fingerprint density at radius 1 is 1.00 bits per heavy atom. The first kappa shape index (κ1) is 13.6. The molecule has 104 valence electrons. The molecule has 1 saturated heterocycles. The molecule has 1 heterocycles. The van der Waals surface area contributed by atoms with Gasteiger partial charge in [-0.05, 0) is 25.7 Å². The van der Waals surface area contributed by atoms with Crippen LogP contribution in [0.2, 0.25) is 0 Å². The van der Waals surface area contributed by atoms with E-state index in [0.717, 1.165) is 38.5 Å². The fourth-order valence-electron chi connectivity index (χ4n) is 2.57. The van der Waals surface area contributed by atoms with Gasteiger partial charge in [0.25, 0.3) is 0 Å². The second-order valence-corrected chi connectivity index (χ2v) is 6.69. The normalized spacial score (nSPS) is 22.9. The van der Waals surface area contributed by atoms with Crippen LogP contribution in [-0.2, 0) is 10.2 Å². The molecule has 1 aliphatic carbocycles. The van der Waals surface area contributed by atoms with Gasteiger partial charge in [-0.1, -0.05) is 19.3 Å². The lowest BCUT2D eigenvalue weighted by Crippen LogP contribution is -2.49. The Balaban J connectivity index is 1.82. The largest absolute Gasteiger partial charge is 0.335 e. The minimum atomic E-state index is -3.64. The monoisotopic (exact) mass is 275 g/mol. The average molecular weight is 275 g/mol. The van der Waals surface area contributed by atoms with Crippen molar-refractivity contribution in [3.05, 3.63) is 0 Å². The molecule has 7 heteroatoms. The SMILES string of the molecule is O=C(NC1CCCCC1)NS(=O)(=O)N1CCCC1. The van der Waals surface area contributed by atoms with E-state index < -0.39 is 16.2 Å². The summed E-state index contributed by atoms with van der Waals surface area (Å²) in [5.74, 6) is 0. The van der Waals surface area contributed by atoms with Gasteiger partial charge in [0.05, 0.1) is 0 Å². The second-order valence-electron chi connectivity index (χ2n) is 5.02. The molecule has 0 bridgehead atoms. The van der Waals surface area contributed by atoms with Crippen LogP contribution in [0, 0.1) is 0 Å². The minimum absolute atomic E-state index is 0.118. The summed E-state index contributed by atoms with van der Waals surface area (Å²) in [6.07, 6.45) is 7.02. The molecule has 0 atom stereocenters. The number of carbonyl (C=O) groups is 1. The van der Waals surface area contributed by atoms with E-state index in [1.165, 1.54) is 10.7 Å². The Morgan fingerprint density at radius 3 is 2.22 bits per heavy atom. The molecule has 6 nitrogen and oxygen atoms in total. The number of urea groups is 1. The van der Waals surface area contributed by atoms with E-state index in [-0.39, 0.29) is 6.04 Å². The first-order chi connectivity index (χ1) is 8.58. The van der Waals surface area contributed by atoms with Gasteiger partial charge in [0.2, 0.25) is 0 Å². The molecule has 2 rings (SSSR count). The molecule has 2 amide bonds. The Morgan fingerprint density at radius 2 is 1.61 bits per heavy atom. The molecule has 1 aliphatic heterocycles. The highest BCUT2D eigenvalue weighted by Gasteiger charge is 2.27. The van der Waals surface area contributed by atoms with Crippen molar-refractivity contribution in [1.82, 2.24) is 14.3 Å². The highest BCUT2D eigenvalue weighted by molar-refractivity contribution is 7.87. The number of hydrogen-bond donors (Lipinski definition) is 2. The van der Waals surface area contributed by atoms with Gasteiger partial charge in [0.1, 0.15) is 0 Å². The van der Waals surface area contributed by atoms with Gasteiger partial charge in [-0.15, -0.1) is 0 Å². The third kappa shape index (κ3) is 3.58. The number of nitrogens with one attached hydrogen (secondary N) is 2. The molecule has 2 aliphatic rings. The molecule has 0 aromatic heterocycles. The van der Waals surface area contributed by atoms with Gasteiger partial charge in [-0.3, -0.25) is 0 Å². The first-order valence-electron chi connectivity index (χ1n) is 6.66. The third-order valence-corrected chi connectivity index (χ3v) is 5.06. The molecule has 0 aromatic rings. The highest BCUT2D eigenvalue weighted by Crippen LogP contribution is 2.17. The predicted octanol–water partition coefficient (Wildman–Crippen LogP) is 0.959. The van der Waals surface area contributed by atoms with Crippen molar-refractivity contribution in [2.24, 2.45) is 0 Å². The lowest BCUT2D eigenvalue weighted by molar-refractivity contribution is 0.237. The number of amides is 2. The summed E-state index contributed by atoms with van der Waals surface area (Å²) >= 11 is 0. The van der Waals surface area contributed by atoms with Crippen molar-refractivity contribution in [3.8, 4) is 0 Å². The molecule has 2 fully saturated rings. The number of rotatable bonds is 3. The van der Waals surface area contributed by atoms with Gasteiger partial charge in [-0.2, -0.15) is 12.7 Å². The number of hydrogen-bond acceptors (Lipinski definition) is 3. The maximum absolute atomic E-state index is 11.8.